The molecule has 1 aromatic heterocycles. The largest absolute Gasteiger partial charge is 0.478 e. The Labute approximate surface area is 138 Å². The van der Waals surface area contributed by atoms with Crippen molar-refractivity contribution in [3.63, 3.8) is 0 Å². The van der Waals surface area contributed by atoms with Crippen molar-refractivity contribution in [2.24, 2.45) is 0 Å². The maximum Gasteiger partial charge on any atom is 0.335 e. The number of thioether (sulfide) groups is 1. The van der Waals surface area contributed by atoms with Crippen molar-refractivity contribution < 1.29 is 14.7 Å². The van der Waals surface area contributed by atoms with Crippen LogP contribution in [0.4, 0.5) is 5.69 Å². The minimum atomic E-state index is -1.02. The summed E-state index contributed by atoms with van der Waals surface area (Å²) in [5.74, 6) is -0.652. The van der Waals surface area contributed by atoms with E-state index in [1.54, 1.807) is 12.1 Å². The second kappa shape index (κ2) is 7.73. The van der Waals surface area contributed by atoms with Crippen molar-refractivity contribution in [3.05, 3.63) is 47.3 Å². The monoisotopic (exact) mass is 331 g/mol. The molecule has 0 saturated heterocycles. The number of aryl methyl sites for hydroxylation is 2. The van der Waals surface area contributed by atoms with Gasteiger partial charge in [0, 0.05) is 29.2 Å². The molecule has 2 aromatic rings. The van der Waals surface area contributed by atoms with Crippen molar-refractivity contribution in [1.29, 1.82) is 0 Å². The highest BCUT2D eigenvalue weighted by Gasteiger charge is 2.07. The Morgan fingerprint density at radius 2 is 1.87 bits per heavy atom. The van der Waals surface area contributed by atoms with Gasteiger partial charge in [0.25, 0.3) is 0 Å². The van der Waals surface area contributed by atoms with Gasteiger partial charge in [-0.25, -0.2) is 14.8 Å². The molecule has 0 atom stereocenters. The van der Waals surface area contributed by atoms with E-state index >= 15 is 0 Å². The van der Waals surface area contributed by atoms with Crippen LogP contribution in [0.15, 0.2) is 35.5 Å². The van der Waals surface area contributed by atoms with Crippen LogP contribution in [0, 0.1) is 13.8 Å². The quantitative estimate of drug-likeness (QED) is 0.624. The third kappa shape index (κ3) is 5.37. The molecule has 0 aliphatic carbocycles. The molecular formula is C16H17N3O3S. The molecule has 1 heterocycles. The SMILES string of the molecule is Cc1cc(C)nc(SCCC(=O)Nc2cccc(C(=O)O)c2)n1. The normalized spacial score (nSPS) is 10.3. The summed E-state index contributed by atoms with van der Waals surface area (Å²) in [5.41, 5.74) is 2.41. The number of nitrogens with zero attached hydrogens (tertiary/aromatic N) is 2. The number of carbonyl (C=O) groups is 2. The van der Waals surface area contributed by atoms with Crippen LogP contribution in [0.1, 0.15) is 28.2 Å². The number of anilines is 1. The number of carbonyl (C=O) groups excluding carboxylic acids is 1. The summed E-state index contributed by atoms with van der Waals surface area (Å²) in [4.78, 5) is 31.4. The Morgan fingerprint density at radius 1 is 1.17 bits per heavy atom. The number of hydrogen-bond acceptors (Lipinski definition) is 5. The lowest BCUT2D eigenvalue weighted by Gasteiger charge is -2.06. The van der Waals surface area contributed by atoms with Gasteiger partial charge in [0.2, 0.25) is 5.91 Å². The zero-order valence-electron chi connectivity index (χ0n) is 12.9. The van der Waals surface area contributed by atoms with E-state index in [2.05, 4.69) is 15.3 Å². The Hall–Kier alpha value is -2.41. The van der Waals surface area contributed by atoms with Gasteiger partial charge >= 0.3 is 5.97 Å². The molecule has 2 rings (SSSR count). The molecule has 0 radical (unpaired) electrons. The summed E-state index contributed by atoms with van der Waals surface area (Å²) in [6.45, 7) is 3.81. The lowest BCUT2D eigenvalue weighted by atomic mass is 10.2. The number of amides is 1. The summed E-state index contributed by atoms with van der Waals surface area (Å²) in [5, 5.41) is 12.3. The number of aromatic carboxylic acids is 1. The maximum absolute atomic E-state index is 11.9. The molecule has 120 valence electrons. The van der Waals surface area contributed by atoms with Crippen LogP contribution < -0.4 is 5.32 Å². The van der Waals surface area contributed by atoms with Crippen LogP contribution in [0.5, 0.6) is 0 Å². The molecule has 23 heavy (non-hydrogen) atoms. The molecule has 1 amide bonds. The summed E-state index contributed by atoms with van der Waals surface area (Å²) >= 11 is 1.42. The van der Waals surface area contributed by atoms with Gasteiger partial charge in [-0.1, -0.05) is 17.8 Å². The van der Waals surface area contributed by atoms with Crippen LogP contribution in [-0.4, -0.2) is 32.7 Å². The van der Waals surface area contributed by atoms with Gasteiger partial charge < -0.3 is 10.4 Å². The van der Waals surface area contributed by atoms with Gasteiger partial charge in [0.05, 0.1) is 5.56 Å². The molecule has 0 saturated carbocycles. The van der Waals surface area contributed by atoms with E-state index in [-0.39, 0.29) is 17.9 Å². The first-order chi connectivity index (χ1) is 10.9. The van der Waals surface area contributed by atoms with E-state index in [4.69, 9.17) is 5.11 Å². The summed E-state index contributed by atoms with van der Waals surface area (Å²) in [6, 6.07) is 8.06. The smallest absolute Gasteiger partial charge is 0.335 e. The maximum atomic E-state index is 11.9. The highest BCUT2D eigenvalue weighted by Crippen LogP contribution is 2.16. The molecular weight excluding hydrogens is 314 g/mol. The topological polar surface area (TPSA) is 92.2 Å². The van der Waals surface area contributed by atoms with Gasteiger partial charge in [-0.15, -0.1) is 0 Å². The average Bonchev–Trinajstić information content (AvgIpc) is 2.46. The van der Waals surface area contributed by atoms with E-state index in [0.29, 0.717) is 16.6 Å². The first-order valence-corrected chi connectivity index (χ1v) is 8.01. The molecule has 7 heteroatoms. The molecule has 6 nitrogen and oxygen atoms in total. The fraction of sp³-hybridized carbons (Fsp3) is 0.250. The molecule has 1 aromatic carbocycles. The third-order valence-electron chi connectivity index (χ3n) is 2.92. The van der Waals surface area contributed by atoms with Gasteiger partial charge in [0.15, 0.2) is 5.16 Å². The van der Waals surface area contributed by atoms with E-state index in [1.165, 1.54) is 23.9 Å². The second-order valence-corrected chi connectivity index (χ2v) is 6.03. The Kier molecular flexibility index (Phi) is 5.70. The van der Waals surface area contributed by atoms with Crippen LogP contribution in [-0.2, 0) is 4.79 Å². The minimum Gasteiger partial charge on any atom is -0.478 e. The van der Waals surface area contributed by atoms with Gasteiger partial charge in [-0.3, -0.25) is 4.79 Å². The molecule has 0 fully saturated rings. The summed E-state index contributed by atoms with van der Waals surface area (Å²) in [7, 11) is 0. The van der Waals surface area contributed by atoms with Crippen LogP contribution in [0.3, 0.4) is 0 Å². The van der Waals surface area contributed by atoms with E-state index < -0.39 is 5.97 Å². The van der Waals surface area contributed by atoms with Crippen molar-refractivity contribution in [2.75, 3.05) is 11.1 Å². The lowest BCUT2D eigenvalue weighted by molar-refractivity contribution is -0.115. The van der Waals surface area contributed by atoms with Crippen molar-refractivity contribution in [3.8, 4) is 0 Å². The molecule has 0 spiro atoms. The van der Waals surface area contributed by atoms with E-state index in [0.717, 1.165) is 11.4 Å². The molecule has 0 aliphatic rings. The van der Waals surface area contributed by atoms with Crippen LogP contribution in [0.2, 0.25) is 0 Å². The predicted octanol–water partition coefficient (Wildman–Crippen LogP) is 2.91. The second-order valence-electron chi connectivity index (χ2n) is 4.97. The van der Waals surface area contributed by atoms with Crippen molar-refractivity contribution in [2.45, 2.75) is 25.4 Å². The number of nitrogens with one attached hydrogen (secondary N) is 1. The van der Waals surface area contributed by atoms with Crippen molar-refractivity contribution >= 4 is 29.3 Å². The summed E-state index contributed by atoms with van der Waals surface area (Å²) in [6.07, 6.45) is 0.290. The number of hydrogen-bond donors (Lipinski definition) is 2. The zero-order valence-corrected chi connectivity index (χ0v) is 13.7. The van der Waals surface area contributed by atoms with E-state index in [9.17, 15) is 9.59 Å². The van der Waals surface area contributed by atoms with Gasteiger partial charge in [-0.05, 0) is 38.1 Å². The highest BCUT2D eigenvalue weighted by molar-refractivity contribution is 7.99. The zero-order chi connectivity index (χ0) is 16.8. The Bertz CT molecular complexity index is 714. The first-order valence-electron chi connectivity index (χ1n) is 7.02. The molecule has 0 bridgehead atoms. The highest BCUT2D eigenvalue weighted by atomic mass is 32.2. The molecule has 0 unspecified atom stereocenters. The fourth-order valence-corrected chi connectivity index (χ4v) is 2.83. The number of aromatic nitrogens is 2. The molecule has 2 N–H and O–H groups in total. The van der Waals surface area contributed by atoms with Crippen LogP contribution >= 0.6 is 11.8 Å². The predicted molar refractivity (Wildman–Crippen MR) is 88.9 cm³/mol. The summed E-state index contributed by atoms with van der Waals surface area (Å²) < 4.78 is 0. The number of carboxylic acids is 1. The number of rotatable bonds is 6. The van der Waals surface area contributed by atoms with Crippen molar-refractivity contribution in [1.82, 2.24) is 9.97 Å². The Morgan fingerprint density at radius 3 is 2.52 bits per heavy atom. The first kappa shape index (κ1) is 17.0. The minimum absolute atomic E-state index is 0.140. The number of carboxylic acid groups (broad SMARTS) is 1. The third-order valence-corrected chi connectivity index (χ3v) is 3.76. The van der Waals surface area contributed by atoms with Gasteiger partial charge in [0.1, 0.15) is 0 Å². The average molecular weight is 331 g/mol. The molecule has 0 aliphatic heterocycles. The van der Waals surface area contributed by atoms with Crippen LogP contribution in [0.25, 0.3) is 0 Å². The fourth-order valence-electron chi connectivity index (χ4n) is 1.95. The number of benzene rings is 1. The van der Waals surface area contributed by atoms with E-state index in [1.807, 2.05) is 19.9 Å². The standard InChI is InChI=1S/C16H17N3O3S/c1-10-8-11(2)18-16(17-10)23-7-6-14(20)19-13-5-3-4-12(9-13)15(21)22/h3-5,8-9H,6-7H2,1-2H3,(H,19,20)(H,21,22). The van der Waals surface area contributed by atoms with Gasteiger partial charge in [-0.2, -0.15) is 0 Å². The lowest BCUT2D eigenvalue weighted by Crippen LogP contribution is -2.12. The Balaban J connectivity index is 1.85.